The first-order chi connectivity index (χ1) is 10.6. The Morgan fingerprint density at radius 2 is 1.68 bits per heavy atom. The zero-order chi connectivity index (χ0) is 15.5. The number of rotatable bonds is 2. The molecule has 0 aromatic heterocycles. The molecule has 116 valence electrons. The molecule has 22 heavy (non-hydrogen) atoms. The first kappa shape index (κ1) is 14.8. The number of carbonyl (C=O) groups is 1. The summed E-state index contributed by atoms with van der Waals surface area (Å²) in [6.07, 6.45) is 7.10. The summed E-state index contributed by atoms with van der Waals surface area (Å²) in [6, 6.07) is 8.45. The van der Waals surface area contributed by atoms with Gasteiger partial charge in [0.1, 0.15) is 11.5 Å². The summed E-state index contributed by atoms with van der Waals surface area (Å²) in [5, 5.41) is 0. The second-order valence-corrected chi connectivity index (χ2v) is 6.05. The number of hydrogen-bond acceptors (Lipinski definition) is 3. The number of hydrogen-bond donors (Lipinski definition) is 0. The SMILES string of the molecule is CC1=N/C(=C\c2ccc(N3CCCCCC3)cc2)C(=O)N1C. The van der Waals surface area contributed by atoms with Crippen LogP contribution in [-0.4, -0.2) is 36.8 Å². The minimum Gasteiger partial charge on any atom is -0.372 e. The van der Waals surface area contributed by atoms with Crippen molar-refractivity contribution in [2.75, 3.05) is 25.0 Å². The predicted molar refractivity (Wildman–Crippen MR) is 91.0 cm³/mol. The Kier molecular flexibility index (Phi) is 4.27. The van der Waals surface area contributed by atoms with E-state index in [0.717, 1.165) is 24.5 Å². The van der Waals surface area contributed by atoms with Crippen LogP contribution in [0, 0.1) is 0 Å². The lowest BCUT2D eigenvalue weighted by Gasteiger charge is -2.22. The highest BCUT2D eigenvalue weighted by Gasteiger charge is 2.23. The van der Waals surface area contributed by atoms with Crippen LogP contribution >= 0.6 is 0 Å². The zero-order valence-electron chi connectivity index (χ0n) is 13.4. The Balaban J connectivity index is 1.76. The molecule has 2 heterocycles. The monoisotopic (exact) mass is 297 g/mol. The highest BCUT2D eigenvalue weighted by atomic mass is 16.2. The van der Waals surface area contributed by atoms with Crippen LogP contribution in [0.25, 0.3) is 6.08 Å². The molecule has 0 unspecified atom stereocenters. The second-order valence-electron chi connectivity index (χ2n) is 6.05. The quantitative estimate of drug-likeness (QED) is 0.785. The number of benzene rings is 1. The van der Waals surface area contributed by atoms with Gasteiger partial charge in [0, 0.05) is 25.8 Å². The van der Waals surface area contributed by atoms with E-state index in [2.05, 4.69) is 34.2 Å². The summed E-state index contributed by atoms with van der Waals surface area (Å²) >= 11 is 0. The number of amidine groups is 1. The smallest absolute Gasteiger partial charge is 0.277 e. The summed E-state index contributed by atoms with van der Waals surface area (Å²) in [4.78, 5) is 20.4. The third-order valence-electron chi connectivity index (χ3n) is 4.46. The van der Waals surface area contributed by atoms with Gasteiger partial charge in [-0.3, -0.25) is 9.69 Å². The Morgan fingerprint density at radius 3 is 2.23 bits per heavy atom. The molecule has 0 bridgehead atoms. The van der Waals surface area contributed by atoms with Gasteiger partial charge in [-0.15, -0.1) is 0 Å². The van der Waals surface area contributed by atoms with Crippen LogP contribution in [-0.2, 0) is 4.79 Å². The van der Waals surface area contributed by atoms with Gasteiger partial charge >= 0.3 is 0 Å². The van der Waals surface area contributed by atoms with Gasteiger partial charge in [0.2, 0.25) is 0 Å². The van der Waals surface area contributed by atoms with Gasteiger partial charge in [-0.25, -0.2) is 4.99 Å². The van der Waals surface area contributed by atoms with E-state index in [-0.39, 0.29) is 5.91 Å². The van der Waals surface area contributed by atoms with Gasteiger partial charge in [0.25, 0.3) is 5.91 Å². The maximum absolute atomic E-state index is 12.0. The average Bonchev–Trinajstić information content (AvgIpc) is 2.76. The summed E-state index contributed by atoms with van der Waals surface area (Å²) in [7, 11) is 1.75. The number of amides is 1. The van der Waals surface area contributed by atoms with Crippen LogP contribution < -0.4 is 4.90 Å². The van der Waals surface area contributed by atoms with E-state index in [4.69, 9.17) is 0 Å². The molecule has 4 heteroatoms. The number of aliphatic imine (C=N–C) groups is 1. The molecule has 0 saturated carbocycles. The van der Waals surface area contributed by atoms with Crippen molar-refractivity contribution < 1.29 is 4.79 Å². The summed E-state index contributed by atoms with van der Waals surface area (Å²) in [5.74, 6) is 0.714. The van der Waals surface area contributed by atoms with Crippen molar-refractivity contribution in [1.82, 2.24) is 4.90 Å². The van der Waals surface area contributed by atoms with Crippen molar-refractivity contribution in [2.24, 2.45) is 4.99 Å². The maximum Gasteiger partial charge on any atom is 0.277 e. The Morgan fingerprint density at radius 1 is 1.05 bits per heavy atom. The van der Waals surface area contributed by atoms with Crippen molar-refractivity contribution in [3.05, 3.63) is 35.5 Å². The van der Waals surface area contributed by atoms with Crippen molar-refractivity contribution in [1.29, 1.82) is 0 Å². The van der Waals surface area contributed by atoms with E-state index in [1.165, 1.54) is 31.4 Å². The third kappa shape index (κ3) is 3.06. The minimum absolute atomic E-state index is 0.0332. The van der Waals surface area contributed by atoms with Gasteiger partial charge in [0.15, 0.2) is 0 Å². The number of carbonyl (C=O) groups excluding carboxylic acids is 1. The van der Waals surface area contributed by atoms with Gasteiger partial charge in [0.05, 0.1) is 0 Å². The summed E-state index contributed by atoms with van der Waals surface area (Å²) in [6.45, 7) is 4.14. The van der Waals surface area contributed by atoms with Crippen LogP contribution in [0.15, 0.2) is 35.0 Å². The lowest BCUT2D eigenvalue weighted by atomic mass is 10.1. The molecule has 2 aliphatic heterocycles. The van der Waals surface area contributed by atoms with Crippen LogP contribution in [0.1, 0.15) is 38.2 Å². The fourth-order valence-electron chi connectivity index (χ4n) is 2.98. The molecule has 1 aromatic rings. The molecule has 0 spiro atoms. The Bertz CT molecular complexity index is 608. The van der Waals surface area contributed by atoms with Gasteiger partial charge in [-0.2, -0.15) is 0 Å². The van der Waals surface area contributed by atoms with Crippen LogP contribution in [0.2, 0.25) is 0 Å². The standard InChI is InChI=1S/C18H23N3O/c1-14-19-17(18(22)20(14)2)13-15-7-9-16(10-8-15)21-11-5-3-4-6-12-21/h7-10,13H,3-6,11-12H2,1-2H3/b17-13-. The van der Waals surface area contributed by atoms with Gasteiger partial charge < -0.3 is 4.90 Å². The average molecular weight is 297 g/mol. The molecule has 1 aromatic carbocycles. The fraction of sp³-hybridized carbons (Fsp3) is 0.444. The largest absolute Gasteiger partial charge is 0.372 e. The molecule has 1 saturated heterocycles. The number of anilines is 1. The van der Waals surface area contributed by atoms with Crippen LogP contribution in [0.4, 0.5) is 5.69 Å². The van der Waals surface area contributed by atoms with Crippen LogP contribution in [0.3, 0.4) is 0 Å². The lowest BCUT2D eigenvalue weighted by molar-refractivity contribution is -0.121. The molecule has 0 N–H and O–H groups in total. The molecular weight excluding hydrogens is 274 g/mol. The molecule has 0 atom stereocenters. The van der Waals surface area contributed by atoms with Crippen molar-refractivity contribution >= 4 is 23.5 Å². The van der Waals surface area contributed by atoms with E-state index in [1.807, 2.05) is 13.0 Å². The van der Waals surface area contributed by atoms with Crippen LogP contribution in [0.5, 0.6) is 0 Å². The molecule has 1 fully saturated rings. The van der Waals surface area contributed by atoms with Crippen molar-refractivity contribution in [2.45, 2.75) is 32.6 Å². The molecule has 2 aliphatic rings. The first-order valence-corrected chi connectivity index (χ1v) is 8.05. The Labute approximate surface area is 132 Å². The highest BCUT2D eigenvalue weighted by Crippen LogP contribution is 2.22. The van der Waals surface area contributed by atoms with Gasteiger partial charge in [-0.1, -0.05) is 25.0 Å². The number of likely N-dealkylation sites (N-methyl/N-ethyl adjacent to an activating group) is 1. The lowest BCUT2D eigenvalue weighted by Crippen LogP contribution is -2.25. The molecule has 1 amide bonds. The summed E-state index contributed by atoms with van der Waals surface area (Å²) in [5.41, 5.74) is 2.81. The highest BCUT2D eigenvalue weighted by molar-refractivity contribution is 6.13. The second kappa shape index (κ2) is 6.34. The van der Waals surface area contributed by atoms with Crippen molar-refractivity contribution in [3.8, 4) is 0 Å². The van der Waals surface area contributed by atoms with Gasteiger partial charge in [-0.05, 0) is 43.5 Å². The van der Waals surface area contributed by atoms with E-state index in [9.17, 15) is 4.79 Å². The minimum atomic E-state index is -0.0332. The first-order valence-electron chi connectivity index (χ1n) is 8.05. The fourth-order valence-corrected chi connectivity index (χ4v) is 2.98. The number of nitrogens with zero attached hydrogens (tertiary/aromatic N) is 3. The molecule has 4 nitrogen and oxygen atoms in total. The van der Waals surface area contributed by atoms with E-state index < -0.39 is 0 Å². The maximum atomic E-state index is 12.0. The predicted octanol–water partition coefficient (Wildman–Crippen LogP) is 3.30. The molecule has 0 radical (unpaired) electrons. The van der Waals surface area contributed by atoms with E-state index in [0.29, 0.717) is 5.70 Å². The molecule has 0 aliphatic carbocycles. The molecule has 3 rings (SSSR count). The Hall–Kier alpha value is -2.10. The van der Waals surface area contributed by atoms with Crippen molar-refractivity contribution in [3.63, 3.8) is 0 Å². The topological polar surface area (TPSA) is 35.9 Å². The van der Waals surface area contributed by atoms with E-state index >= 15 is 0 Å². The summed E-state index contributed by atoms with van der Waals surface area (Å²) < 4.78 is 0. The third-order valence-corrected chi connectivity index (χ3v) is 4.46. The normalized spacial score (nSPS) is 21.3. The molecular formula is C18H23N3O. The van der Waals surface area contributed by atoms with E-state index in [1.54, 1.807) is 11.9 Å². The zero-order valence-corrected chi connectivity index (χ0v) is 13.4.